The van der Waals surface area contributed by atoms with Crippen LogP contribution in [0.1, 0.15) is 30.8 Å². The van der Waals surface area contributed by atoms with Crippen LogP contribution in [0.25, 0.3) is 10.9 Å². The summed E-state index contributed by atoms with van der Waals surface area (Å²) in [5.41, 5.74) is 2.83. The Morgan fingerprint density at radius 1 is 0.960 bits per heavy atom. The first-order valence-corrected chi connectivity index (χ1v) is 8.30. The summed E-state index contributed by atoms with van der Waals surface area (Å²) in [5.74, 6) is 0.104. The van der Waals surface area contributed by atoms with E-state index in [4.69, 9.17) is 0 Å². The summed E-state index contributed by atoms with van der Waals surface area (Å²) in [4.78, 5) is 27.2. The van der Waals surface area contributed by atoms with Gasteiger partial charge in [-0.15, -0.1) is 0 Å². The van der Waals surface area contributed by atoms with Crippen molar-refractivity contribution >= 4 is 34.1 Å². The maximum absolute atomic E-state index is 12.4. The molecule has 1 aromatic heterocycles. The quantitative estimate of drug-likeness (QED) is 0.646. The number of anilines is 2. The summed E-state index contributed by atoms with van der Waals surface area (Å²) in [7, 11) is 0. The van der Waals surface area contributed by atoms with Gasteiger partial charge in [0.2, 0.25) is 5.91 Å². The van der Waals surface area contributed by atoms with Crippen LogP contribution in [0.4, 0.5) is 11.4 Å². The van der Waals surface area contributed by atoms with E-state index in [1.54, 1.807) is 24.3 Å². The van der Waals surface area contributed by atoms with Crippen LogP contribution in [0, 0.1) is 5.92 Å². The van der Waals surface area contributed by atoms with E-state index in [0.717, 1.165) is 10.9 Å². The minimum absolute atomic E-state index is 0.00939. The predicted octanol–water partition coefficient (Wildman–Crippen LogP) is 4.40. The van der Waals surface area contributed by atoms with E-state index in [9.17, 15) is 9.59 Å². The van der Waals surface area contributed by atoms with Gasteiger partial charge in [-0.25, -0.2) is 0 Å². The number of hydrogen-bond acceptors (Lipinski definition) is 2. The third-order valence-electron chi connectivity index (χ3n) is 3.79. The highest BCUT2D eigenvalue weighted by Crippen LogP contribution is 2.18. The number of rotatable bonds is 5. The number of aromatic amines is 1. The average Bonchev–Trinajstić information content (AvgIpc) is 3.00. The molecule has 3 N–H and O–H groups in total. The molecule has 1 heterocycles. The molecular formula is C20H21N3O2. The lowest BCUT2D eigenvalue weighted by Crippen LogP contribution is -2.14. The average molecular weight is 335 g/mol. The first-order valence-electron chi connectivity index (χ1n) is 8.30. The number of benzene rings is 2. The lowest BCUT2D eigenvalue weighted by Gasteiger charge is -2.08. The number of aromatic nitrogens is 1. The van der Waals surface area contributed by atoms with Gasteiger partial charge in [-0.1, -0.05) is 32.0 Å². The van der Waals surface area contributed by atoms with Gasteiger partial charge >= 0.3 is 0 Å². The molecule has 3 aromatic rings. The molecule has 0 bridgehead atoms. The molecule has 0 aliphatic carbocycles. The van der Waals surface area contributed by atoms with Crippen LogP contribution in [-0.4, -0.2) is 16.8 Å². The molecule has 5 heteroatoms. The van der Waals surface area contributed by atoms with E-state index in [1.807, 2.05) is 44.2 Å². The molecule has 0 saturated carbocycles. The number of carbonyl (C=O) groups is 2. The molecule has 0 fully saturated rings. The molecule has 5 nitrogen and oxygen atoms in total. The van der Waals surface area contributed by atoms with Crippen molar-refractivity contribution in [3.63, 3.8) is 0 Å². The number of para-hydroxylation sites is 1. The number of fused-ring (bicyclic) bond motifs is 1. The second kappa shape index (κ2) is 7.21. The molecule has 2 aromatic carbocycles. The van der Waals surface area contributed by atoms with Gasteiger partial charge < -0.3 is 15.6 Å². The topological polar surface area (TPSA) is 74.0 Å². The predicted molar refractivity (Wildman–Crippen MR) is 101 cm³/mol. The van der Waals surface area contributed by atoms with Gasteiger partial charge in [0.15, 0.2) is 0 Å². The van der Waals surface area contributed by atoms with Crippen molar-refractivity contribution < 1.29 is 9.59 Å². The van der Waals surface area contributed by atoms with E-state index >= 15 is 0 Å². The lowest BCUT2D eigenvalue weighted by molar-refractivity contribution is -0.116. The molecule has 128 valence electrons. The van der Waals surface area contributed by atoms with Crippen LogP contribution < -0.4 is 10.6 Å². The first-order chi connectivity index (χ1) is 12.0. The monoisotopic (exact) mass is 335 g/mol. The number of hydrogen-bond donors (Lipinski definition) is 3. The second-order valence-electron chi connectivity index (χ2n) is 6.45. The molecule has 0 unspecified atom stereocenters. The van der Waals surface area contributed by atoms with Crippen LogP contribution in [0.3, 0.4) is 0 Å². The van der Waals surface area contributed by atoms with Crippen molar-refractivity contribution in [2.45, 2.75) is 20.3 Å². The summed E-state index contributed by atoms with van der Waals surface area (Å²) < 4.78 is 0. The summed E-state index contributed by atoms with van der Waals surface area (Å²) in [6.45, 7) is 4.00. The Hall–Kier alpha value is -3.08. The highest BCUT2D eigenvalue weighted by Gasteiger charge is 2.10. The largest absolute Gasteiger partial charge is 0.351 e. The summed E-state index contributed by atoms with van der Waals surface area (Å²) in [6.07, 6.45) is 0.485. The molecular weight excluding hydrogens is 314 g/mol. The van der Waals surface area contributed by atoms with E-state index in [0.29, 0.717) is 29.4 Å². The van der Waals surface area contributed by atoms with E-state index in [1.165, 1.54) is 0 Å². The third-order valence-corrected chi connectivity index (χ3v) is 3.79. The van der Waals surface area contributed by atoms with Gasteiger partial charge in [0.25, 0.3) is 5.91 Å². The lowest BCUT2D eigenvalue weighted by atomic mass is 10.1. The van der Waals surface area contributed by atoms with Crippen molar-refractivity contribution in [3.8, 4) is 0 Å². The van der Waals surface area contributed by atoms with Crippen molar-refractivity contribution in [1.29, 1.82) is 0 Å². The Morgan fingerprint density at radius 2 is 1.60 bits per heavy atom. The van der Waals surface area contributed by atoms with Crippen molar-refractivity contribution in [2.24, 2.45) is 5.92 Å². The molecule has 0 spiro atoms. The number of nitrogens with one attached hydrogen (secondary N) is 3. The van der Waals surface area contributed by atoms with Gasteiger partial charge in [-0.05, 0) is 42.3 Å². The summed E-state index contributed by atoms with van der Waals surface area (Å²) >= 11 is 0. The molecule has 0 aliphatic rings. The Labute approximate surface area is 146 Å². The van der Waals surface area contributed by atoms with Gasteiger partial charge in [0.1, 0.15) is 5.69 Å². The zero-order chi connectivity index (χ0) is 17.8. The van der Waals surface area contributed by atoms with E-state index in [2.05, 4.69) is 15.6 Å². The first kappa shape index (κ1) is 16.8. The van der Waals surface area contributed by atoms with Gasteiger partial charge in [0.05, 0.1) is 0 Å². The second-order valence-corrected chi connectivity index (χ2v) is 6.45. The molecule has 0 saturated heterocycles. The van der Waals surface area contributed by atoms with Gasteiger partial charge in [0, 0.05) is 28.7 Å². The van der Waals surface area contributed by atoms with Crippen LogP contribution in [0.5, 0.6) is 0 Å². The van der Waals surface area contributed by atoms with Crippen LogP contribution >= 0.6 is 0 Å². The van der Waals surface area contributed by atoms with Crippen molar-refractivity contribution in [1.82, 2.24) is 4.98 Å². The van der Waals surface area contributed by atoms with Gasteiger partial charge in [-0.2, -0.15) is 0 Å². The molecule has 0 atom stereocenters. The molecule has 25 heavy (non-hydrogen) atoms. The molecule has 2 amide bonds. The smallest absolute Gasteiger partial charge is 0.272 e. The Balaban J connectivity index is 1.64. The van der Waals surface area contributed by atoms with Crippen LogP contribution in [0.15, 0.2) is 54.6 Å². The maximum Gasteiger partial charge on any atom is 0.272 e. The fourth-order valence-electron chi connectivity index (χ4n) is 2.61. The SMILES string of the molecule is CC(C)CC(=O)Nc1ccc(NC(=O)c2cc3ccccc3[nH]2)cc1. The summed E-state index contributed by atoms with van der Waals surface area (Å²) in [5, 5.41) is 6.69. The standard InChI is InChI=1S/C20H21N3O2/c1-13(2)11-19(24)21-15-7-9-16(10-8-15)22-20(25)18-12-14-5-3-4-6-17(14)23-18/h3-10,12-13,23H,11H2,1-2H3,(H,21,24)(H,22,25). The zero-order valence-electron chi connectivity index (χ0n) is 14.3. The highest BCUT2D eigenvalue weighted by molar-refractivity contribution is 6.06. The molecule has 3 rings (SSSR count). The maximum atomic E-state index is 12.4. The fraction of sp³-hybridized carbons (Fsp3) is 0.200. The normalized spacial score (nSPS) is 10.8. The Morgan fingerprint density at radius 3 is 2.24 bits per heavy atom. The highest BCUT2D eigenvalue weighted by atomic mass is 16.2. The number of H-pyrrole nitrogens is 1. The minimum Gasteiger partial charge on any atom is -0.351 e. The van der Waals surface area contributed by atoms with Crippen LogP contribution in [-0.2, 0) is 4.79 Å². The molecule has 0 radical (unpaired) electrons. The number of carbonyl (C=O) groups excluding carboxylic acids is 2. The van der Waals surface area contributed by atoms with Crippen molar-refractivity contribution in [3.05, 3.63) is 60.3 Å². The Bertz CT molecular complexity index is 862. The van der Waals surface area contributed by atoms with Crippen molar-refractivity contribution in [2.75, 3.05) is 10.6 Å². The van der Waals surface area contributed by atoms with Crippen LogP contribution in [0.2, 0.25) is 0 Å². The van der Waals surface area contributed by atoms with E-state index < -0.39 is 0 Å². The summed E-state index contributed by atoms with van der Waals surface area (Å²) in [6, 6.07) is 16.7. The molecule has 0 aliphatic heterocycles. The third kappa shape index (κ3) is 4.26. The Kier molecular flexibility index (Phi) is 4.84. The van der Waals surface area contributed by atoms with E-state index in [-0.39, 0.29) is 11.8 Å². The number of amides is 2. The minimum atomic E-state index is -0.201. The zero-order valence-corrected chi connectivity index (χ0v) is 14.3. The van der Waals surface area contributed by atoms with Gasteiger partial charge in [-0.3, -0.25) is 9.59 Å². The fourth-order valence-corrected chi connectivity index (χ4v) is 2.61.